The number of aliphatic hydroxyl groups excluding tert-OH is 1. The Bertz CT molecular complexity index is 789. The number of nitrogens with one attached hydrogen (secondary N) is 1. The molecule has 0 aliphatic carbocycles. The minimum absolute atomic E-state index is 0.0649. The molecule has 0 aliphatic heterocycles. The van der Waals surface area contributed by atoms with Gasteiger partial charge in [0.25, 0.3) is 0 Å². The van der Waals surface area contributed by atoms with Crippen LogP contribution in [0.2, 0.25) is 0 Å². The Morgan fingerprint density at radius 2 is 0.796 bits per heavy atom. The quantitative estimate of drug-likeness (QED) is 0.0368. The van der Waals surface area contributed by atoms with Crippen molar-refractivity contribution in [3.63, 3.8) is 0 Å². The van der Waals surface area contributed by atoms with Crippen molar-refractivity contribution in [2.24, 2.45) is 0 Å². The number of hydrogen-bond acceptors (Lipinski definition) is 4. The monoisotopic (exact) mass is 766 g/mol. The number of aliphatic hydroxyl groups is 1. The number of amides is 1. The molecule has 1 atom stereocenters. The first-order valence-corrected chi connectivity index (χ1v) is 24.2. The first-order valence-electron chi connectivity index (χ1n) is 24.2. The molecular formula is C48H97N2O4+. The molecule has 6 heteroatoms. The third-order valence-corrected chi connectivity index (χ3v) is 11.4. The van der Waals surface area contributed by atoms with Gasteiger partial charge in [-0.2, -0.15) is 0 Å². The van der Waals surface area contributed by atoms with E-state index in [1.54, 1.807) is 0 Å². The first kappa shape index (κ1) is 52.9. The maximum Gasteiger partial charge on any atom is 0.305 e. The van der Waals surface area contributed by atoms with E-state index in [0.29, 0.717) is 30.4 Å². The van der Waals surface area contributed by atoms with E-state index in [1.807, 2.05) is 0 Å². The predicted octanol–water partition coefficient (Wildman–Crippen LogP) is 13.6. The van der Waals surface area contributed by atoms with Crippen LogP contribution in [-0.2, 0) is 14.3 Å². The van der Waals surface area contributed by atoms with Crippen LogP contribution >= 0.6 is 0 Å². The van der Waals surface area contributed by atoms with Gasteiger partial charge in [0.2, 0.25) is 5.91 Å². The normalized spacial score (nSPS) is 12.3. The Balaban J connectivity index is 3.53. The summed E-state index contributed by atoms with van der Waals surface area (Å²) in [4.78, 5) is 24.5. The highest BCUT2D eigenvalue weighted by Gasteiger charge is 2.21. The van der Waals surface area contributed by atoms with Crippen molar-refractivity contribution in [1.29, 1.82) is 0 Å². The second-order valence-corrected chi connectivity index (χ2v) is 17.7. The van der Waals surface area contributed by atoms with Crippen LogP contribution in [0.25, 0.3) is 0 Å². The van der Waals surface area contributed by atoms with Gasteiger partial charge in [0.05, 0.1) is 20.6 Å². The van der Waals surface area contributed by atoms with Gasteiger partial charge in [0, 0.05) is 25.8 Å². The fourth-order valence-electron chi connectivity index (χ4n) is 7.80. The summed E-state index contributed by atoms with van der Waals surface area (Å²) in [5.41, 5.74) is 0. The summed E-state index contributed by atoms with van der Waals surface area (Å²) in [7, 11) is 4.17. The van der Waals surface area contributed by atoms with Gasteiger partial charge >= 0.3 is 5.97 Å². The van der Waals surface area contributed by atoms with Crippen LogP contribution in [0.1, 0.15) is 251 Å². The minimum atomic E-state index is -0.672. The molecule has 0 aliphatic rings. The zero-order valence-electron chi connectivity index (χ0n) is 37.2. The van der Waals surface area contributed by atoms with E-state index in [4.69, 9.17) is 4.74 Å². The lowest BCUT2D eigenvalue weighted by atomic mass is 10.0. The summed E-state index contributed by atoms with van der Waals surface area (Å²) < 4.78 is 6.02. The van der Waals surface area contributed by atoms with Gasteiger partial charge in [-0.25, -0.2) is 0 Å². The van der Waals surface area contributed by atoms with Crippen molar-refractivity contribution in [2.75, 3.05) is 40.3 Å². The minimum Gasteiger partial charge on any atom is -0.463 e. The Kier molecular flexibility index (Phi) is 40.6. The van der Waals surface area contributed by atoms with Crippen LogP contribution in [0.4, 0.5) is 0 Å². The van der Waals surface area contributed by atoms with Crippen LogP contribution in [0, 0.1) is 0 Å². The van der Waals surface area contributed by atoms with Crippen LogP contribution < -0.4 is 5.32 Å². The van der Waals surface area contributed by atoms with Gasteiger partial charge in [0.15, 0.2) is 0 Å². The Morgan fingerprint density at radius 3 is 1.15 bits per heavy atom. The number of likely N-dealkylation sites (N-methyl/N-ethyl adjacent to an activating group) is 1. The highest BCUT2D eigenvalue weighted by molar-refractivity contribution is 5.75. The molecule has 0 radical (unpaired) electrons. The molecule has 0 aromatic carbocycles. The number of hydrogen-bond donors (Lipinski definition) is 2. The lowest BCUT2D eigenvalue weighted by Gasteiger charge is -2.31. The van der Waals surface area contributed by atoms with Crippen molar-refractivity contribution in [3.8, 4) is 0 Å². The molecule has 0 aromatic heterocycles. The van der Waals surface area contributed by atoms with E-state index in [-0.39, 0.29) is 18.5 Å². The van der Waals surface area contributed by atoms with Crippen LogP contribution in [0.3, 0.4) is 0 Å². The van der Waals surface area contributed by atoms with Crippen LogP contribution in [0.5, 0.6) is 0 Å². The molecule has 54 heavy (non-hydrogen) atoms. The molecule has 6 nitrogen and oxygen atoms in total. The second-order valence-electron chi connectivity index (χ2n) is 17.7. The smallest absolute Gasteiger partial charge is 0.305 e. The molecule has 0 fully saturated rings. The molecule has 2 N–H and O–H groups in total. The highest BCUT2D eigenvalue weighted by atomic mass is 16.5. The number of unbranched alkanes of at least 4 members (excludes halogenated alkanes) is 32. The van der Waals surface area contributed by atoms with Crippen molar-refractivity contribution >= 4 is 11.9 Å². The Morgan fingerprint density at radius 1 is 0.481 bits per heavy atom. The molecule has 1 unspecified atom stereocenters. The molecule has 0 saturated carbocycles. The lowest BCUT2D eigenvalue weighted by Crippen LogP contribution is -2.48. The summed E-state index contributed by atoms with van der Waals surface area (Å²) in [6.45, 7) is 6.68. The maximum absolute atomic E-state index is 12.3. The number of quaternary nitrogens is 1. The summed E-state index contributed by atoms with van der Waals surface area (Å²) in [6, 6.07) is 0. The van der Waals surface area contributed by atoms with Gasteiger partial charge < -0.3 is 19.6 Å². The molecular weight excluding hydrogens is 669 g/mol. The van der Waals surface area contributed by atoms with Gasteiger partial charge in [-0.05, 0) is 12.8 Å². The fourth-order valence-corrected chi connectivity index (χ4v) is 7.80. The highest BCUT2D eigenvalue weighted by Crippen LogP contribution is 2.16. The van der Waals surface area contributed by atoms with E-state index >= 15 is 0 Å². The summed E-state index contributed by atoms with van der Waals surface area (Å²) in [5, 5.41) is 13.6. The predicted molar refractivity (Wildman–Crippen MR) is 234 cm³/mol. The Labute approximate surface area is 338 Å². The Hall–Kier alpha value is -1.14. The van der Waals surface area contributed by atoms with E-state index < -0.39 is 6.10 Å². The molecule has 0 aromatic rings. The van der Waals surface area contributed by atoms with E-state index in [1.165, 1.54) is 193 Å². The van der Waals surface area contributed by atoms with Crippen molar-refractivity contribution in [1.82, 2.24) is 5.32 Å². The largest absolute Gasteiger partial charge is 0.463 e. The average molecular weight is 766 g/mol. The molecule has 0 heterocycles. The third kappa shape index (κ3) is 42.0. The van der Waals surface area contributed by atoms with Crippen LogP contribution in [-0.4, -0.2) is 67.9 Å². The fraction of sp³-hybridized carbons (Fsp3) is 0.958. The molecule has 0 saturated heterocycles. The molecule has 1 amide bonds. The SMILES string of the molecule is CCCCCCCCCCCCCCCCCCCCCC(=O)NCCC[N+](C)(C)CC(O)COC(=O)CCCCCCCCCCCCCCCCC. The van der Waals surface area contributed by atoms with E-state index in [2.05, 4.69) is 33.3 Å². The first-order chi connectivity index (χ1) is 26.3. The molecule has 0 spiro atoms. The van der Waals surface area contributed by atoms with Gasteiger partial charge in [-0.1, -0.05) is 219 Å². The van der Waals surface area contributed by atoms with Crippen molar-refractivity contribution < 1.29 is 23.9 Å². The average Bonchev–Trinajstić information content (AvgIpc) is 3.15. The second kappa shape index (κ2) is 41.5. The van der Waals surface area contributed by atoms with E-state index in [9.17, 15) is 14.7 Å². The van der Waals surface area contributed by atoms with Gasteiger partial charge in [-0.15, -0.1) is 0 Å². The summed E-state index contributed by atoms with van der Waals surface area (Å²) in [5.74, 6) is -0.0323. The zero-order chi connectivity index (χ0) is 39.6. The van der Waals surface area contributed by atoms with Crippen molar-refractivity contribution in [2.45, 2.75) is 258 Å². The van der Waals surface area contributed by atoms with Crippen molar-refractivity contribution in [3.05, 3.63) is 0 Å². The summed E-state index contributed by atoms with van der Waals surface area (Å²) in [6.07, 6.45) is 46.8. The number of nitrogens with zero attached hydrogens (tertiary/aromatic N) is 1. The van der Waals surface area contributed by atoms with E-state index in [0.717, 1.165) is 38.6 Å². The number of ether oxygens (including phenoxy) is 1. The molecule has 322 valence electrons. The van der Waals surface area contributed by atoms with Gasteiger partial charge in [0.1, 0.15) is 19.3 Å². The number of rotatable bonds is 44. The standard InChI is InChI=1S/C48H96N2O4/c1-5-7-9-11-13-15-17-19-21-22-23-24-26-27-29-31-33-35-37-40-47(52)49-42-39-43-50(3,4)44-46(51)45-54-48(53)41-38-36-34-32-30-28-25-20-18-16-14-12-10-8-6-2/h46,51H,5-45H2,1-4H3/p+1. The zero-order valence-corrected chi connectivity index (χ0v) is 37.2. The number of carbonyl (C=O) groups is 2. The number of carbonyl (C=O) groups excluding carboxylic acids is 2. The molecule has 0 bridgehead atoms. The number of esters is 1. The third-order valence-electron chi connectivity index (χ3n) is 11.4. The summed E-state index contributed by atoms with van der Waals surface area (Å²) >= 11 is 0. The molecule has 0 rings (SSSR count). The topological polar surface area (TPSA) is 75.6 Å². The maximum atomic E-state index is 12.3. The lowest BCUT2D eigenvalue weighted by molar-refractivity contribution is -0.893. The van der Waals surface area contributed by atoms with Gasteiger partial charge in [-0.3, -0.25) is 9.59 Å². The van der Waals surface area contributed by atoms with Crippen LogP contribution in [0.15, 0.2) is 0 Å².